The van der Waals surface area contributed by atoms with Crippen LogP contribution in [0.4, 0.5) is 5.69 Å². The first-order valence-corrected chi connectivity index (χ1v) is 7.84. The summed E-state index contributed by atoms with van der Waals surface area (Å²) in [5, 5.41) is 8.59. The van der Waals surface area contributed by atoms with Crippen LogP contribution < -0.4 is 4.72 Å². The quantitative estimate of drug-likeness (QED) is 0.741. The largest absolute Gasteiger partial charge is 0.481 e. The molecule has 2 N–H and O–H groups in total. The molecular weight excluding hydrogens is 294 g/mol. The highest BCUT2D eigenvalue weighted by atomic mass is 32.2. The molecule has 0 saturated carbocycles. The van der Waals surface area contributed by atoms with Crippen molar-refractivity contribution in [1.82, 2.24) is 9.21 Å². The molecule has 1 aromatic carbocycles. The van der Waals surface area contributed by atoms with Crippen molar-refractivity contribution in [2.75, 3.05) is 32.4 Å². The van der Waals surface area contributed by atoms with Crippen LogP contribution in [0.2, 0.25) is 0 Å². The van der Waals surface area contributed by atoms with E-state index in [0.29, 0.717) is 12.2 Å². The molecule has 0 saturated heterocycles. The summed E-state index contributed by atoms with van der Waals surface area (Å²) in [6.45, 7) is 0.618. The molecule has 1 aromatic rings. The lowest BCUT2D eigenvalue weighted by Crippen LogP contribution is -2.34. The van der Waals surface area contributed by atoms with Gasteiger partial charge in [0.15, 0.2) is 0 Å². The van der Waals surface area contributed by atoms with Gasteiger partial charge in [-0.1, -0.05) is 12.1 Å². The molecule has 21 heavy (non-hydrogen) atoms. The van der Waals surface area contributed by atoms with Crippen LogP contribution >= 0.6 is 0 Å². The summed E-state index contributed by atoms with van der Waals surface area (Å²) in [6.07, 6.45) is -0.238. The molecule has 1 rings (SSSR count). The topological polar surface area (TPSA) is 90.0 Å². The van der Waals surface area contributed by atoms with Crippen molar-refractivity contribution in [3.63, 3.8) is 0 Å². The van der Waals surface area contributed by atoms with E-state index < -0.39 is 16.2 Å². The maximum Gasteiger partial charge on any atom is 0.304 e. The molecule has 0 radical (unpaired) electrons. The molecule has 0 heterocycles. The number of aliphatic carboxylic acids is 1. The molecule has 0 unspecified atom stereocenters. The molecule has 0 aliphatic heterocycles. The SMILES string of the molecule is CN(C)Cc1cccc(NS(=O)(=O)N(C)CCC(=O)O)c1. The summed E-state index contributed by atoms with van der Waals surface area (Å²) in [7, 11) is 1.45. The van der Waals surface area contributed by atoms with Crippen LogP contribution in [0.15, 0.2) is 24.3 Å². The predicted molar refractivity (Wildman–Crippen MR) is 81.3 cm³/mol. The Morgan fingerprint density at radius 3 is 2.52 bits per heavy atom. The molecule has 0 amide bonds. The predicted octanol–water partition coefficient (Wildman–Crippen LogP) is 0.811. The minimum Gasteiger partial charge on any atom is -0.481 e. The van der Waals surface area contributed by atoms with Crippen molar-refractivity contribution >= 4 is 21.9 Å². The molecule has 8 heteroatoms. The normalized spacial score (nSPS) is 11.9. The van der Waals surface area contributed by atoms with Crippen molar-refractivity contribution in [1.29, 1.82) is 0 Å². The Labute approximate surface area is 125 Å². The van der Waals surface area contributed by atoms with E-state index in [9.17, 15) is 13.2 Å². The van der Waals surface area contributed by atoms with Gasteiger partial charge in [0.1, 0.15) is 0 Å². The van der Waals surface area contributed by atoms with E-state index in [1.165, 1.54) is 7.05 Å². The highest BCUT2D eigenvalue weighted by Gasteiger charge is 2.18. The van der Waals surface area contributed by atoms with Gasteiger partial charge in [-0.2, -0.15) is 12.7 Å². The Morgan fingerprint density at radius 2 is 1.95 bits per heavy atom. The number of carboxylic acids is 1. The number of rotatable bonds is 8. The highest BCUT2D eigenvalue weighted by Crippen LogP contribution is 2.14. The van der Waals surface area contributed by atoms with Crippen molar-refractivity contribution < 1.29 is 18.3 Å². The van der Waals surface area contributed by atoms with Crippen LogP contribution in [0.25, 0.3) is 0 Å². The monoisotopic (exact) mass is 315 g/mol. The Bertz CT molecular complexity index is 587. The molecule has 0 aliphatic carbocycles. The Morgan fingerprint density at radius 1 is 1.29 bits per heavy atom. The van der Waals surface area contributed by atoms with Crippen molar-refractivity contribution in [2.45, 2.75) is 13.0 Å². The van der Waals surface area contributed by atoms with Gasteiger partial charge >= 0.3 is 16.2 Å². The smallest absolute Gasteiger partial charge is 0.304 e. The van der Waals surface area contributed by atoms with E-state index in [-0.39, 0.29) is 13.0 Å². The number of hydrogen-bond donors (Lipinski definition) is 2. The maximum atomic E-state index is 12.1. The second-order valence-corrected chi connectivity index (χ2v) is 6.79. The zero-order chi connectivity index (χ0) is 16.0. The Balaban J connectivity index is 2.76. The van der Waals surface area contributed by atoms with Gasteiger partial charge in [0, 0.05) is 20.1 Å². The number of carboxylic acid groups (broad SMARTS) is 1. The first-order chi connectivity index (χ1) is 9.70. The molecule has 0 fully saturated rings. The fourth-order valence-corrected chi connectivity index (χ4v) is 2.61. The summed E-state index contributed by atoms with van der Waals surface area (Å²) in [4.78, 5) is 12.5. The average Bonchev–Trinajstić information content (AvgIpc) is 2.34. The molecule has 7 nitrogen and oxygen atoms in total. The van der Waals surface area contributed by atoms with Crippen LogP contribution in [0.1, 0.15) is 12.0 Å². The van der Waals surface area contributed by atoms with Gasteiger partial charge in [0.2, 0.25) is 0 Å². The fraction of sp³-hybridized carbons (Fsp3) is 0.462. The van der Waals surface area contributed by atoms with E-state index in [1.807, 2.05) is 25.1 Å². The van der Waals surface area contributed by atoms with E-state index in [0.717, 1.165) is 9.87 Å². The first kappa shape index (κ1) is 17.4. The zero-order valence-corrected chi connectivity index (χ0v) is 13.2. The van der Waals surface area contributed by atoms with Crippen molar-refractivity contribution in [2.24, 2.45) is 0 Å². The van der Waals surface area contributed by atoms with Crippen molar-refractivity contribution in [3.05, 3.63) is 29.8 Å². The second-order valence-electron chi connectivity index (χ2n) is 5.01. The molecule has 0 aromatic heterocycles. The number of hydrogen-bond acceptors (Lipinski definition) is 4. The van der Waals surface area contributed by atoms with E-state index in [1.54, 1.807) is 18.2 Å². The minimum atomic E-state index is -3.75. The lowest BCUT2D eigenvalue weighted by atomic mass is 10.2. The highest BCUT2D eigenvalue weighted by molar-refractivity contribution is 7.90. The third-order valence-corrected chi connectivity index (χ3v) is 4.22. The standard InChI is InChI=1S/C13H21N3O4S/c1-15(2)10-11-5-4-6-12(9-11)14-21(19,20)16(3)8-7-13(17)18/h4-6,9,14H,7-8,10H2,1-3H3,(H,17,18). The number of anilines is 1. The summed E-state index contributed by atoms with van der Waals surface area (Å²) in [5.74, 6) is -1.04. The second kappa shape index (κ2) is 7.39. The van der Waals surface area contributed by atoms with Crippen LogP contribution in [-0.4, -0.2) is 56.4 Å². The maximum absolute atomic E-state index is 12.1. The van der Waals surface area contributed by atoms with Crippen LogP contribution in [0, 0.1) is 0 Å². The number of benzene rings is 1. The van der Waals surface area contributed by atoms with E-state index >= 15 is 0 Å². The lowest BCUT2D eigenvalue weighted by molar-refractivity contribution is -0.137. The van der Waals surface area contributed by atoms with E-state index in [2.05, 4.69) is 4.72 Å². The lowest BCUT2D eigenvalue weighted by Gasteiger charge is -2.18. The molecule has 0 spiro atoms. The molecule has 0 atom stereocenters. The van der Waals surface area contributed by atoms with Gasteiger partial charge in [0.05, 0.1) is 12.1 Å². The molecular formula is C13H21N3O4S. The third-order valence-electron chi connectivity index (χ3n) is 2.72. The number of carbonyl (C=O) groups is 1. The summed E-state index contributed by atoms with van der Waals surface area (Å²) < 4.78 is 27.5. The van der Waals surface area contributed by atoms with E-state index in [4.69, 9.17) is 5.11 Å². The summed E-state index contributed by atoms with van der Waals surface area (Å²) in [6, 6.07) is 7.09. The molecule has 118 valence electrons. The molecule has 0 bridgehead atoms. The minimum absolute atomic E-state index is 0.0813. The summed E-state index contributed by atoms with van der Waals surface area (Å²) >= 11 is 0. The first-order valence-electron chi connectivity index (χ1n) is 6.40. The van der Waals surface area contributed by atoms with Crippen molar-refractivity contribution in [3.8, 4) is 0 Å². The zero-order valence-electron chi connectivity index (χ0n) is 12.4. The van der Waals surface area contributed by atoms with Crippen LogP contribution in [0.5, 0.6) is 0 Å². The fourth-order valence-electron chi connectivity index (χ4n) is 1.70. The Hall–Kier alpha value is -1.64. The van der Waals surface area contributed by atoms with Crippen LogP contribution in [0.3, 0.4) is 0 Å². The summed E-state index contributed by atoms with van der Waals surface area (Å²) in [5.41, 5.74) is 1.44. The van der Waals surface area contributed by atoms with Gasteiger partial charge in [-0.15, -0.1) is 0 Å². The number of nitrogens with zero attached hydrogens (tertiary/aromatic N) is 2. The van der Waals surface area contributed by atoms with Gasteiger partial charge in [-0.25, -0.2) is 0 Å². The third kappa shape index (κ3) is 6.11. The van der Waals surface area contributed by atoms with Crippen LogP contribution in [-0.2, 0) is 21.5 Å². The van der Waals surface area contributed by atoms with Gasteiger partial charge in [0.25, 0.3) is 0 Å². The van der Waals surface area contributed by atoms with Gasteiger partial charge in [-0.05, 0) is 31.8 Å². The number of nitrogens with one attached hydrogen (secondary N) is 1. The average molecular weight is 315 g/mol. The Kier molecular flexibility index (Phi) is 6.13. The molecule has 0 aliphatic rings. The van der Waals surface area contributed by atoms with Gasteiger partial charge in [-0.3, -0.25) is 9.52 Å². The van der Waals surface area contributed by atoms with Gasteiger partial charge < -0.3 is 10.0 Å².